The second kappa shape index (κ2) is 5.89. The van der Waals surface area contributed by atoms with E-state index < -0.39 is 0 Å². The molecule has 0 aliphatic rings. The third kappa shape index (κ3) is 3.58. The summed E-state index contributed by atoms with van der Waals surface area (Å²) in [7, 11) is 0. The fourth-order valence-electron chi connectivity index (χ4n) is 1.46. The Morgan fingerprint density at radius 3 is 2.41 bits per heavy atom. The Bertz CT molecular complexity index is 550. The Hall–Kier alpha value is 0.190. The number of halogens is 3. The summed E-state index contributed by atoms with van der Waals surface area (Å²) in [6.45, 7) is 4.23. The monoisotopic (exact) mass is 469 g/mol. The van der Waals surface area contributed by atoms with Gasteiger partial charge < -0.3 is 0 Å². The number of benzene rings is 2. The van der Waals surface area contributed by atoms with E-state index in [1.54, 1.807) is 0 Å². The molecule has 90 valence electrons. The summed E-state index contributed by atoms with van der Waals surface area (Å²) in [6, 6.07) is 13.1. The molecule has 0 radical (unpaired) electrons. The van der Waals surface area contributed by atoms with Gasteiger partial charge in [-0.25, -0.2) is 0 Å². The first-order chi connectivity index (χ1) is 8.06. The van der Waals surface area contributed by atoms with Gasteiger partial charge in [-0.15, -0.1) is 0 Å². The Kier molecular flexibility index (Phi) is 4.72. The second-order valence-corrected chi connectivity index (χ2v) is 8.48. The van der Waals surface area contributed by atoms with Crippen LogP contribution < -0.4 is 21.2 Å². The van der Waals surface area contributed by atoms with Crippen LogP contribution in [0.1, 0.15) is 11.1 Å². The molecule has 2 aromatic carbocycles. The minimum absolute atomic E-state index is 0.123. The summed E-state index contributed by atoms with van der Waals surface area (Å²) in [4.78, 5) is 0. The maximum absolute atomic E-state index is 6.16. The van der Waals surface area contributed by atoms with E-state index in [0.717, 1.165) is 10.6 Å². The standard InChI is InChI=1S/C14H12ClI2/c1-9-3-5-12(8-13(9)15)17-14-6-4-11(16)7-10(14)2/h3-8H,1-2H3/q-1. The molecule has 0 saturated carbocycles. The van der Waals surface area contributed by atoms with Gasteiger partial charge in [0.1, 0.15) is 0 Å². The first-order valence-corrected chi connectivity index (χ1v) is 8.85. The maximum atomic E-state index is 6.16. The zero-order chi connectivity index (χ0) is 12.4. The van der Waals surface area contributed by atoms with Crippen LogP contribution in [0.2, 0.25) is 5.02 Å². The van der Waals surface area contributed by atoms with Crippen molar-refractivity contribution in [1.82, 2.24) is 0 Å². The van der Waals surface area contributed by atoms with Gasteiger partial charge in [0.2, 0.25) is 0 Å². The van der Waals surface area contributed by atoms with E-state index in [2.05, 4.69) is 65.9 Å². The fraction of sp³-hybridized carbons (Fsp3) is 0.143. The van der Waals surface area contributed by atoms with Crippen molar-refractivity contribution in [2.45, 2.75) is 13.8 Å². The summed E-state index contributed by atoms with van der Waals surface area (Å²) in [5.41, 5.74) is 2.54. The van der Waals surface area contributed by atoms with Crippen molar-refractivity contribution >= 4 is 34.2 Å². The summed E-state index contributed by atoms with van der Waals surface area (Å²) in [6.07, 6.45) is 0. The van der Waals surface area contributed by atoms with Gasteiger partial charge in [0.25, 0.3) is 0 Å². The third-order valence-corrected chi connectivity index (χ3v) is 6.63. The number of hydrogen-bond donors (Lipinski definition) is 0. The fourth-order valence-corrected chi connectivity index (χ4v) is 4.91. The van der Waals surface area contributed by atoms with Crippen molar-refractivity contribution in [2.24, 2.45) is 0 Å². The summed E-state index contributed by atoms with van der Waals surface area (Å²) in [5.74, 6) is 0. The molecule has 0 N–H and O–H groups in total. The second-order valence-electron chi connectivity index (χ2n) is 3.88. The molecule has 0 bridgehead atoms. The molecule has 0 unspecified atom stereocenters. The van der Waals surface area contributed by atoms with Crippen LogP contribution in [0, 0.1) is 24.6 Å². The quantitative estimate of drug-likeness (QED) is 0.588. The van der Waals surface area contributed by atoms with Crippen LogP contribution in [0.5, 0.6) is 0 Å². The Morgan fingerprint density at radius 1 is 1.00 bits per heavy atom. The van der Waals surface area contributed by atoms with Gasteiger partial charge in [-0.05, 0) is 0 Å². The summed E-state index contributed by atoms with van der Waals surface area (Å²) in [5, 5.41) is 0.880. The molecule has 0 fully saturated rings. The van der Waals surface area contributed by atoms with Crippen molar-refractivity contribution < 1.29 is 21.2 Å². The average molecular weight is 470 g/mol. The summed E-state index contributed by atoms with van der Waals surface area (Å²) < 4.78 is 4.16. The Labute approximate surface area is 131 Å². The molecular formula is C14H12ClI2-. The molecular weight excluding hydrogens is 457 g/mol. The zero-order valence-corrected chi connectivity index (χ0v) is 14.7. The minimum atomic E-state index is -0.123. The zero-order valence-electron chi connectivity index (χ0n) is 9.60. The van der Waals surface area contributed by atoms with Gasteiger partial charge in [0.05, 0.1) is 0 Å². The van der Waals surface area contributed by atoms with Gasteiger partial charge in [0, 0.05) is 0 Å². The van der Waals surface area contributed by atoms with Crippen molar-refractivity contribution in [3.05, 3.63) is 63.3 Å². The van der Waals surface area contributed by atoms with Gasteiger partial charge in [-0.1, -0.05) is 0 Å². The molecule has 0 saturated heterocycles. The van der Waals surface area contributed by atoms with E-state index in [1.807, 2.05) is 6.92 Å². The molecule has 0 aromatic heterocycles. The third-order valence-electron chi connectivity index (χ3n) is 2.46. The molecule has 0 atom stereocenters. The van der Waals surface area contributed by atoms with Crippen molar-refractivity contribution in [2.75, 3.05) is 0 Å². The Balaban J connectivity index is 2.28. The SMILES string of the molecule is Cc1ccc([I-]c2ccc(I)cc2C)cc1Cl. The number of rotatable bonds is 2. The van der Waals surface area contributed by atoms with Gasteiger partial charge >= 0.3 is 133 Å². The van der Waals surface area contributed by atoms with E-state index in [0.29, 0.717) is 0 Å². The van der Waals surface area contributed by atoms with Crippen LogP contribution in [-0.2, 0) is 0 Å². The molecule has 0 nitrogen and oxygen atoms in total. The normalized spacial score (nSPS) is 10.8. The first-order valence-electron chi connectivity index (χ1n) is 5.23. The van der Waals surface area contributed by atoms with Gasteiger partial charge in [-0.2, -0.15) is 0 Å². The number of aryl methyl sites for hydroxylation is 2. The van der Waals surface area contributed by atoms with Crippen LogP contribution in [-0.4, -0.2) is 0 Å². The molecule has 0 heterocycles. The van der Waals surface area contributed by atoms with E-state index in [9.17, 15) is 0 Å². The van der Waals surface area contributed by atoms with E-state index >= 15 is 0 Å². The predicted molar refractivity (Wildman–Crippen MR) is 77.5 cm³/mol. The predicted octanol–water partition coefficient (Wildman–Crippen LogP) is 1.69. The number of hydrogen-bond acceptors (Lipinski definition) is 0. The first kappa shape index (κ1) is 13.6. The molecule has 2 rings (SSSR count). The van der Waals surface area contributed by atoms with Crippen LogP contribution in [0.15, 0.2) is 36.4 Å². The molecule has 0 aliphatic carbocycles. The van der Waals surface area contributed by atoms with E-state index in [4.69, 9.17) is 11.6 Å². The van der Waals surface area contributed by atoms with Gasteiger partial charge in [0.15, 0.2) is 0 Å². The van der Waals surface area contributed by atoms with Crippen molar-refractivity contribution in [3.63, 3.8) is 0 Å². The molecule has 2 aromatic rings. The molecule has 3 heteroatoms. The Morgan fingerprint density at radius 2 is 1.76 bits per heavy atom. The molecule has 17 heavy (non-hydrogen) atoms. The average Bonchev–Trinajstić information content (AvgIpc) is 2.27. The molecule has 0 spiro atoms. The summed E-state index contributed by atoms with van der Waals surface area (Å²) >= 11 is 8.39. The van der Waals surface area contributed by atoms with E-state index in [-0.39, 0.29) is 21.2 Å². The van der Waals surface area contributed by atoms with Crippen molar-refractivity contribution in [3.8, 4) is 0 Å². The van der Waals surface area contributed by atoms with Crippen molar-refractivity contribution in [1.29, 1.82) is 0 Å². The van der Waals surface area contributed by atoms with Crippen LogP contribution in [0.25, 0.3) is 0 Å². The van der Waals surface area contributed by atoms with E-state index in [1.165, 1.54) is 16.3 Å². The van der Waals surface area contributed by atoms with Gasteiger partial charge in [-0.3, -0.25) is 0 Å². The van der Waals surface area contributed by atoms with Crippen LogP contribution in [0.3, 0.4) is 0 Å². The van der Waals surface area contributed by atoms with Crippen LogP contribution in [0.4, 0.5) is 0 Å². The van der Waals surface area contributed by atoms with Crippen LogP contribution >= 0.6 is 34.2 Å². The topological polar surface area (TPSA) is 0 Å². The molecule has 0 aliphatic heterocycles. The molecule has 0 amide bonds.